The van der Waals surface area contributed by atoms with Crippen molar-refractivity contribution in [2.45, 2.75) is 18.2 Å². The van der Waals surface area contributed by atoms with Gasteiger partial charge in [-0.1, -0.05) is 6.08 Å². The van der Waals surface area contributed by atoms with Crippen molar-refractivity contribution >= 4 is 0 Å². The van der Waals surface area contributed by atoms with Crippen molar-refractivity contribution in [1.29, 1.82) is 0 Å². The minimum absolute atomic E-state index is 0.345. The van der Waals surface area contributed by atoms with Gasteiger partial charge in [0.15, 0.2) is 0 Å². The summed E-state index contributed by atoms with van der Waals surface area (Å²) in [5.41, 5.74) is 22.3. The molecule has 0 spiro atoms. The summed E-state index contributed by atoms with van der Waals surface area (Å²) in [6.07, 6.45) is 2.26. The lowest BCUT2D eigenvalue weighted by Crippen LogP contribution is -2.71. The molecule has 0 amide bonds. The van der Waals surface area contributed by atoms with Gasteiger partial charge >= 0.3 is 0 Å². The van der Waals surface area contributed by atoms with Crippen LogP contribution in [0, 0.1) is 0 Å². The Labute approximate surface area is 73.1 Å². The van der Waals surface area contributed by atoms with Crippen LogP contribution >= 0.6 is 0 Å². The van der Waals surface area contributed by atoms with E-state index in [1.165, 1.54) is 0 Å². The third-order valence-electron chi connectivity index (χ3n) is 1.64. The molecule has 0 saturated heterocycles. The number of nitrogens with one attached hydrogen (secondary N) is 1. The highest BCUT2D eigenvalue weighted by Crippen LogP contribution is 1.96. The van der Waals surface area contributed by atoms with E-state index in [9.17, 15) is 0 Å². The fraction of sp³-hybridized carbons (Fsp3) is 0.714. The highest BCUT2D eigenvalue weighted by Gasteiger charge is 2.25. The van der Waals surface area contributed by atoms with Gasteiger partial charge in [0, 0.05) is 6.54 Å². The van der Waals surface area contributed by atoms with Gasteiger partial charge in [0.25, 0.3) is 0 Å². The first-order valence-electron chi connectivity index (χ1n) is 3.94. The minimum Gasteiger partial charge on any atom is -0.330 e. The summed E-state index contributed by atoms with van der Waals surface area (Å²) in [5, 5.41) is 2.85. The summed E-state index contributed by atoms with van der Waals surface area (Å²) >= 11 is 0. The van der Waals surface area contributed by atoms with E-state index in [0.29, 0.717) is 19.5 Å². The normalized spacial score (nSPS) is 14.3. The van der Waals surface area contributed by atoms with E-state index in [1.54, 1.807) is 6.08 Å². The molecule has 0 aromatic heterocycles. The second-order valence-corrected chi connectivity index (χ2v) is 2.79. The molecule has 12 heavy (non-hydrogen) atoms. The molecular formula is C7H19N5. The predicted octanol–water partition coefficient (Wildman–Crippen LogP) is -1.99. The monoisotopic (exact) mass is 173 g/mol. The Hall–Kier alpha value is -0.460. The van der Waals surface area contributed by atoms with Crippen LogP contribution in [-0.4, -0.2) is 24.9 Å². The highest BCUT2D eigenvalue weighted by atomic mass is 15.2. The molecule has 0 aliphatic carbocycles. The van der Waals surface area contributed by atoms with Crippen molar-refractivity contribution in [2.24, 2.45) is 22.9 Å². The Bertz CT molecular complexity index is 134. The van der Waals surface area contributed by atoms with Crippen LogP contribution in [0.2, 0.25) is 0 Å². The molecule has 0 fully saturated rings. The lowest BCUT2D eigenvalue weighted by atomic mass is 10.1. The molecule has 5 heteroatoms. The number of rotatable bonds is 6. The zero-order valence-electron chi connectivity index (χ0n) is 7.29. The second-order valence-electron chi connectivity index (χ2n) is 2.79. The Balaban J connectivity index is 3.89. The van der Waals surface area contributed by atoms with E-state index in [0.717, 1.165) is 0 Å². The quantitative estimate of drug-likeness (QED) is 0.235. The zero-order valence-corrected chi connectivity index (χ0v) is 7.29. The summed E-state index contributed by atoms with van der Waals surface area (Å²) < 4.78 is 0. The van der Waals surface area contributed by atoms with Crippen molar-refractivity contribution in [2.75, 3.05) is 13.1 Å². The average molecular weight is 173 g/mol. The van der Waals surface area contributed by atoms with Gasteiger partial charge in [-0.25, -0.2) is 0 Å². The average Bonchev–Trinajstić information content (AvgIpc) is 2.01. The summed E-state index contributed by atoms with van der Waals surface area (Å²) in [5.74, 6) is -1.06. The molecule has 9 N–H and O–H groups in total. The predicted molar refractivity (Wildman–Crippen MR) is 51.0 cm³/mol. The second kappa shape index (κ2) is 5.23. The number of hydrogen-bond acceptors (Lipinski definition) is 5. The molecule has 0 aromatic rings. The smallest absolute Gasteiger partial charge is 0.134 e. The lowest BCUT2D eigenvalue weighted by Gasteiger charge is -2.31. The van der Waals surface area contributed by atoms with Gasteiger partial charge in [-0.2, -0.15) is 0 Å². The standard InChI is InChI=1S/C7H19N5/c1-2-5-12-7(10,11)6(9)3-4-8/h2,6,12H,1,3-5,8-11H2. The Kier molecular flexibility index (Phi) is 5.03. The molecule has 0 aliphatic rings. The van der Waals surface area contributed by atoms with Gasteiger partial charge in [-0.3, -0.25) is 16.8 Å². The van der Waals surface area contributed by atoms with Crippen LogP contribution in [0.25, 0.3) is 0 Å². The van der Waals surface area contributed by atoms with Crippen molar-refractivity contribution in [3.8, 4) is 0 Å². The van der Waals surface area contributed by atoms with E-state index >= 15 is 0 Å². The van der Waals surface area contributed by atoms with Crippen LogP contribution in [0.15, 0.2) is 12.7 Å². The van der Waals surface area contributed by atoms with Crippen LogP contribution in [0.1, 0.15) is 6.42 Å². The number of nitrogens with two attached hydrogens (primary N) is 4. The SMILES string of the molecule is C=CCNC(N)(N)C(N)CCN. The van der Waals surface area contributed by atoms with Crippen molar-refractivity contribution in [3.05, 3.63) is 12.7 Å². The number of hydrogen-bond donors (Lipinski definition) is 5. The summed E-state index contributed by atoms with van der Waals surface area (Å²) in [6.45, 7) is 4.54. The van der Waals surface area contributed by atoms with Gasteiger partial charge in [-0.05, 0) is 13.0 Å². The molecule has 72 valence electrons. The molecule has 0 bridgehead atoms. The maximum Gasteiger partial charge on any atom is 0.134 e. The van der Waals surface area contributed by atoms with E-state index < -0.39 is 5.79 Å². The fourth-order valence-electron chi connectivity index (χ4n) is 0.798. The Morgan fingerprint density at radius 1 is 1.50 bits per heavy atom. The van der Waals surface area contributed by atoms with E-state index in [-0.39, 0.29) is 6.04 Å². The van der Waals surface area contributed by atoms with Crippen molar-refractivity contribution in [1.82, 2.24) is 5.32 Å². The Morgan fingerprint density at radius 2 is 2.08 bits per heavy atom. The maximum absolute atomic E-state index is 5.68. The van der Waals surface area contributed by atoms with E-state index in [1.807, 2.05) is 0 Å². The topological polar surface area (TPSA) is 116 Å². The van der Waals surface area contributed by atoms with Crippen LogP contribution in [0.3, 0.4) is 0 Å². The van der Waals surface area contributed by atoms with Crippen LogP contribution in [0.5, 0.6) is 0 Å². The first-order chi connectivity index (χ1) is 5.54. The molecule has 0 saturated carbocycles. The van der Waals surface area contributed by atoms with E-state index in [4.69, 9.17) is 22.9 Å². The van der Waals surface area contributed by atoms with Crippen LogP contribution in [-0.2, 0) is 0 Å². The third kappa shape index (κ3) is 3.80. The molecule has 1 unspecified atom stereocenters. The summed E-state index contributed by atoms with van der Waals surface area (Å²) in [6, 6.07) is -0.345. The van der Waals surface area contributed by atoms with Crippen molar-refractivity contribution in [3.63, 3.8) is 0 Å². The molecule has 0 radical (unpaired) electrons. The van der Waals surface area contributed by atoms with Gasteiger partial charge in [0.2, 0.25) is 0 Å². The van der Waals surface area contributed by atoms with Gasteiger partial charge in [0.05, 0.1) is 6.04 Å². The first kappa shape index (κ1) is 11.5. The van der Waals surface area contributed by atoms with Crippen LogP contribution in [0.4, 0.5) is 0 Å². The third-order valence-corrected chi connectivity index (χ3v) is 1.64. The molecule has 0 rings (SSSR count). The summed E-state index contributed by atoms with van der Waals surface area (Å²) in [7, 11) is 0. The molecule has 0 aliphatic heterocycles. The Morgan fingerprint density at radius 3 is 2.50 bits per heavy atom. The van der Waals surface area contributed by atoms with Gasteiger partial charge < -0.3 is 11.5 Å². The highest BCUT2D eigenvalue weighted by molar-refractivity contribution is 4.88. The van der Waals surface area contributed by atoms with E-state index in [2.05, 4.69) is 11.9 Å². The maximum atomic E-state index is 5.68. The van der Waals surface area contributed by atoms with Gasteiger partial charge in [-0.15, -0.1) is 6.58 Å². The summed E-state index contributed by atoms with van der Waals surface area (Å²) in [4.78, 5) is 0. The molecule has 5 nitrogen and oxygen atoms in total. The molecule has 0 heterocycles. The largest absolute Gasteiger partial charge is 0.330 e. The molecular weight excluding hydrogens is 154 g/mol. The lowest BCUT2D eigenvalue weighted by molar-refractivity contribution is 0.284. The minimum atomic E-state index is -1.06. The van der Waals surface area contributed by atoms with Gasteiger partial charge in [0.1, 0.15) is 5.79 Å². The zero-order chi connectivity index (χ0) is 9.61. The molecule has 0 aromatic carbocycles. The van der Waals surface area contributed by atoms with Crippen LogP contribution < -0.4 is 28.3 Å². The first-order valence-corrected chi connectivity index (χ1v) is 3.94. The van der Waals surface area contributed by atoms with Crippen molar-refractivity contribution < 1.29 is 0 Å². The fourth-order valence-corrected chi connectivity index (χ4v) is 0.798. The molecule has 1 atom stereocenters.